The van der Waals surface area contributed by atoms with Crippen molar-refractivity contribution in [2.24, 2.45) is 0 Å². The number of anilines is 1. The lowest BCUT2D eigenvalue weighted by molar-refractivity contribution is 0.0989. The molecule has 1 aromatic rings. The van der Waals surface area contributed by atoms with Gasteiger partial charge in [-0.1, -0.05) is 5.10 Å². The average molecular weight is 246 g/mol. The van der Waals surface area contributed by atoms with E-state index in [4.69, 9.17) is 20.8 Å². The van der Waals surface area contributed by atoms with Gasteiger partial charge in [0.05, 0.1) is 12.1 Å². The fourth-order valence-corrected chi connectivity index (χ4v) is 1.94. The molecule has 0 spiro atoms. The molecule has 2 atom stereocenters. The van der Waals surface area contributed by atoms with Crippen LogP contribution >= 0.6 is 11.6 Å². The van der Waals surface area contributed by atoms with Crippen molar-refractivity contribution in [2.45, 2.75) is 38.3 Å². The first kappa shape index (κ1) is 11.7. The van der Waals surface area contributed by atoms with Crippen molar-refractivity contribution in [3.63, 3.8) is 0 Å². The number of aryl methyl sites for hydroxylation is 1. The molecular weight excluding hydrogens is 230 g/mol. The van der Waals surface area contributed by atoms with Crippen molar-refractivity contribution >= 4 is 17.6 Å². The minimum absolute atomic E-state index is 0.187. The summed E-state index contributed by atoms with van der Waals surface area (Å²) in [4.78, 5) is 0. The van der Waals surface area contributed by atoms with Gasteiger partial charge in [-0.15, -0.1) is 16.7 Å². The van der Waals surface area contributed by atoms with Crippen molar-refractivity contribution in [3.05, 3.63) is 5.89 Å². The van der Waals surface area contributed by atoms with Crippen molar-refractivity contribution < 1.29 is 9.15 Å². The van der Waals surface area contributed by atoms with Crippen LogP contribution in [-0.2, 0) is 11.2 Å². The molecule has 0 aromatic carbocycles. The Bertz CT molecular complexity index is 326. The van der Waals surface area contributed by atoms with Crippen LogP contribution in [0.3, 0.4) is 0 Å². The van der Waals surface area contributed by atoms with Crippen LogP contribution in [0.4, 0.5) is 6.01 Å². The molecule has 2 unspecified atom stereocenters. The maximum Gasteiger partial charge on any atom is 0.315 e. The average Bonchev–Trinajstić information content (AvgIpc) is 2.89. The van der Waals surface area contributed by atoms with Gasteiger partial charge in [-0.2, -0.15) is 0 Å². The van der Waals surface area contributed by atoms with E-state index in [1.807, 2.05) is 0 Å². The van der Waals surface area contributed by atoms with Crippen LogP contribution in [0.2, 0.25) is 0 Å². The zero-order valence-corrected chi connectivity index (χ0v) is 10.0. The molecule has 0 amide bonds. The summed E-state index contributed by atoms with van der Waals surface area (Å²) in [5.41, 5.74) is 0. The van der Waals surface area contributed by atoms with Gasteiger partial charge < -0.3 is 14.5 Å². The predicted molar refractivity (Wildman–Crippen MR) is 60.8 cm³/mol. The number of aromatic nitrogens is 2. The van der Waals surface area contributed by atoms with E-state index in [1.165, 1.54) is 0 Å². The second kappa shape index (κ2) is 5.50. The van der Waals surface area contributed by atoms with Crippen LogP contribution in [0.15, 0.2) is 4.42 Å². The lowest BCUT2D eigenvalue weighted by Crippen LogP contribution is -2.30. The summed E-state index contributed by atoms with van der Waals surface area (Å²) < 4.78 is 10.9. The molecule has 0 radical (unpaired) electrons. The number of hydrogen-bond acceptors (Lipinski definition) is 5. The van der Waals surface area contributed by atoms with Gasteiger partial charge in [0, 0.05) is 18.9 Å². The molecule has 6 heteroatoms. The minimum Gasteiger partial charge on any atom is -0.408 e. The van der Waals surface area contributed by atoms with Crippen LogP contribution < -0.4 is 5.32 Å². The first-order valence-corrected chi connectivity index (χ1v) is 6.09. The quantitative estimate of drug-likeness (QED) is 0.802. The Hall–Kier alpha value is -0.810. The molecular formula is C10H16ClN3O2. The van der Waals surface area contributed by atoms with Crippen molar-refractivity contribution in [1.82, 2.24) is 10.2 Å². The number of alkyl halides is 1. The molecule has 1 aliphatic rings. The highest BCUT2D eigenvalue weighted by Crippen LogP contribution is 2.18. The van der Waals surface area contributed by atoms with Gasteiger partial charge in [0.2, 0.25) is 5.89 Å². The third-order valence-electron chi connectivity index (χ3n) is 2.65. The summed E-state index contributed by atoms with van der Waals surface area (Å²) in [6.45, 7) is 2.90. The summed E-state index contributed by atoms with van der Waals surface area (Å²) in [7, 11) is 0. The van der Waals surface area contributed by atoms with Crippen LogP contribution in [-0.4, -0.2) is 34.8 Å². The smallest absolute Gasteiger partial charge is 0.315 e. The van der Waals surface area contributed by atoms with Crippen LogP contribution in [0.25, 0.3) is 0 Å². The van der Waals surface area contributed by atoms with E-state index in [9.17, 15) is 0 Å². The molecule has 90 valence electrons. The van der Waals surface area contributed by atoms with Gasteiger partial charge in [0.25, 0.3) is 0 Å². The van der Waals surface area contributed by atoms with Crippen molar-refractivity contribution in [2.75, 3.05) is 17.8 Å². The third kappa shape index (κ3) is 2.86. The van der Waals surface area contributed by atoms with E-state index in [2.05, 4.69) is 22.4 Å². The molecule has 16 heavy (non-hydrogen) atoms. The summed E-state index contributed by atoms with van der Waals surface area (Å²) in [6, 6.07) is 0.634. The number of nitrogens with one attached hydrogen (secondary N) is 1. The Labute approximate surface area is 99.5 Å². The Kier molecular flexibility index (Phi) is 4.01. The normalized spacial score (nSPS) is 22.2. The Balaban J connectivity index is 1.87. The molecule has 1 saturated heterocycles. The molecule has 2 rings (SSSR count). The summed E-state index contributed by atoms with van der Waals surface area (Å²) >= 11 is 5.59. The van der Waals surface area contributed by atoms with Crippen LogP contribution in [0.1, 0.15) is 25.7 Å². The van der Waals surface area contributed by atoms with Gasteiger partial charge in [0.15, 0.2) is 0 Å². The Morgan fingerprint density at radius 2 is 2.44 bits per heavy atom. The lowest BCUT2D eigenvalue weighted by atomic mass is 10.1. The molecule has 1 aliphatic heterocycles. The number of rotatable bonds is 5. The first-order valence-electron chi connectivity index (χ1n) is 5.56. The number of halogens is 1. The van der Waals surface area contributed by atoms with Crippen LogP contribution in [0, 0.1) is 0 Å². The molecule has 0 bridgehead atoms. The molecule has 1 N–H and O–H groups in total. The van der Waals surface area contributed by atoms with E-state index in [0.29, 0.717) is 24.2 Å². The highest BCUT2D eigenvalue weighted by molar-refractivity contribution is 6.17. The van der Waals surface area contributed by atoms with E-state index in [1.54, 1.807) is 0 Å². The maximum absolute atomic E-state index is 5.59. The maximum atomic E-state index is 5.59. The fraction of sp³-hybridized carbons (Fsp3) is 0.800. The third-order valence-corrected chi connectivity index (χ3v) is 2.84. The Morgan fingerprint density at radius 3 is 3.12 bits per heavy atom. The highest BCUT2D eigenvalue weighted by atomic mass is 35.5. The van der Waals surface area contributed by atoms with Gasteiger partial charge in [0.1, 0.15) is 0 Å². The van der Waals surface area contributed by atoms with Crippen molar-refractivity contribution in [1.29, 1.82) is 0 Å². The second-order valence-electron chi connectivity index (χ2n) is 3.92. The van der Waals surface area contributed by atoms with Gasteiger partial charge in [-0.05, 0) is 19.8 Å². The SMILES string of the molecule is CC(Nc1nnc(CCCl)o1)C1CCCO1. The zero-order valence-electron chi connectivity index (χ0n) is 9.28. The molecule has 0 aliphatic carbocycles. The summed E-state index contributed by atoms with van der Waals surface area (Å²) in [5, 5.41) is 10.9. The largest absolute Gasteiger partial charge is 0.408 e. The van der Waals surface area contributed by atoms with Gasteiger partial charge >= 0.3 is 6.01 Å². The van der Waals surface area contributed by atoms with E-state index in [-0.39, 0.29) is 12.1 Å². The predicted octanol–water partition coefficient (Wildman–Crippen LogP) is 1.83. The molecule has 1 aromatic heterocycles. The summed E-state index contributed by atoms with van der Waals surface area (Å²) in [5.74, 6) is 1.06. The number of ether oxygens (including phenoxy) is 1. The zero-order chi connectivity index (χ0) is 11.4. The van der Waals surface area contributed by atoms with Crippen LogP contribution in [0.5, 0.6) is 0 Å². The molecule has 5 nitrogen and oxygen atoms in total. The number of nitrogens with zero attached hydrogens (tertiary/aromatic N) is 2. The Morgan fingerprint density at radius 1 is 1.56 bits per heavy atom. The molecule has 1 fully saturated rings. The van der Waals surface area contributed by atoms with Crippen molar-refractivity contribution in [3.8, 4) is 0 Å². The fourth-order valence-electron chi connectivity index (χ4n) is 1.78. The number of hydrogen-bond donors (Lipinski definition) is 1. The second-order valence-corrected chi connectivity index (χ2v) is 4.30. The van der Waals surface area contributed by atoms with Gasteiger partial charge in [-0.25, -0.2) is 0 Å². The highest BCUT2D eigenvalue weighted by Gasteiger charge is 2.23. The van der Waals surface area contributed by atoms with E-state index >= 15 is 0 Å². The monoisotopic (exact) mass is 245 g/mol. The van der Waals surface area contributed by atoms with E-state index in [0.717, 1.165) is 19.4 Å². The summed E-state index contributed by atoms with van der Waals surface area (Å²) in [6.07, 6.45) is 3.04. The molecule has 0 saturated carbocycles. The first-order chi connectivity index (χ1) is 7.79. The van der Waals surface area contributed by atoms with Gasteiger partial charge in [-0.3, -0.25) is 0 Å². The standard InChI is InChI=1S/C10H16ClN3O2/c1-7(8-3-2-6-15-8)12-10-14-13-9(16-10)4-5-11/h7-8H,2-6H2,1H3,(H,12,14). The topological polar surface area (TPSA) is 60.2 Å². The van der Waals surface area contributed by atoms with E-state index < -0.39 is 0 Å². The molecule has 2 heterocycles. The minimum atomic E-state index is 0.187. The lowest BCUT2D eigenvalue weighted by Gasteiger charge is -2.18.